The number of rotatable bonds is 3. The topological polar surface area (TPSA) is 29.3 Å². The molecule has 1 atom stereocenters. The zero-order valence-corrected chi connectivity index (χ0v) is 7.96. The van der Waals surface area contributed by atoms with Gasteiger partial charge in [-0.25, -0.2) is 0 Å². The molecule has 0 bridgehead atoms. The van der Waals surface area contributed by atoms with Crippen molar-refractivity contribution < 1.29 is 0 Å². The summed E-state index contributed by atoms with van der Waals surface area (Å²) < 4.78 is 0. The molecule has 0 aliphatic heterocycles. The van der Waals surface area contributed by atoms with E-state index in [2.05, 4.69) is 24.8 Å². The molecule has 0 radical (unpaired) electrons. The Balaban J connectivity index is 2.37. The van der Waals surface area contributed by atoms with E-state index in [1.807, 2.05) is 0 Å². The number of terminal acetylenes is 1. The SMILES string of the molecule is C#CC(CC)N(C)C1CC(N)C1. The maximum absolute atomic E-state index is 5.71. The molecule has 1 aliphatic rings. The minimum atomic E-state index is 0.294. The summed E-state index contributed by atoms with van der Waals surface area (Å²) in [5.74, 6) is 2.80. The Morgan fingerprint density at radius 3 is 2.58 bits per heavy atom. The summed E-state index contributed by atoms with van der Waals surface area (Å²) in [4.78, 5) is 2.28. The van der Waals surface area contributed by atoms with Crippen LogP contribution in [-0.2, 0) is 0 Å². The second-order valence-electron chi connectivity index (χ2n) is 3.64. The quantitative estimate of drug-likeness (QED) is 0.629. The molecule has 2 N–H and O–H groups in total. The normalized spacial score (nSPS) is 30.9. The summed E-state index contributed by atoms with van der Waals surface area (Å²) in [6.45, 7) is 2.12. The fourth-order valence-corrected chi connectivity index (χ4v) is 1.74. The van der Waals surface area contributed by atoms with Crippen LogP contribution in [0.15, 0.2) is 0 Å². The van der Waals surface area contributed by atoms with E-state index in [-0.39, 0.29) is 0 Å². The first-order valence-electron chi connectivity index (χ1n) is 4.62. The number of nitrogens with zero attached hydrogens (tertiary/aromatic N) is 1. The number of hydrogen-bond donors (Lipinski definition) is 1. The first-order chi connectivity index (χ1) is 5.69. The third kappa shape index (κ3) is 1.80. The predicted molar refractivity (Wildman–Crippen MR) is 51.7 cm³/mol. The third-order valence-electron chi connectivity index (χ3n) is 2.80. The van der Waals surface area contributed by atoms with Gasteiger partial charge in [0.1, 0.15) is 0 Å². The lowest BCUT2D eigenvalue weighted by atomic mass is 9.85. The van der Waals surface area contributed by atoms with E-state index in [4.69, 9.17) is 12.2 Å². The Hall–Kier alpha value is -0.520. The van der Waals surface area contributed by atoms with Gasteiger partial charge in [0.2, 0.25) is 0 Å². The van der Waals surface area contributed by atoms with E-state index < -0.39 is 0 Å². The number of nitrogens with two attached hydrogens (primary N) is 1. The van der Waals surface area contributed by atoms with Crippen molar-refractivity contribution in [2.45, 2.75) is 44.3 Å². The summed E-state index contributed by atoms with van der Waals surface area (Å²) in [5.41, 5.74) is 5.71. The zero-order valence-electron chi connectivity index (χ0n) is 7.96. The minimum absolute atomic E-state index is 0.294. The van der Waals surface area contributed by atoms with Crippen molar-refractivity contribution >= 4 is 0 Å². The van der Waals surface area contributed by atoms with Crippen LogP contribution in [0.4, 0.5) is 0 Å². The molecule has 0 amide bonds. The first-order valence-corrected chi connectivity index (χ1v) is 4.62. The van der Waals surface area contributed by atoms with E-state index >= 15 is 0 Å². The highest BCUT2D eigenvalue weighted by molar-refractivity contribution is 5.02. The van der Waals surface area contributed by atoms with E-state index in [9.17, 15) is 0 Å². The summed E-state index contributed by atoms with van der Waals surface area (Å²) >= 11 is 0. The van der Waals surface area contributed by atoms with E-state index in [1.54, 1.807) is 0 Å². The van der Waals surface area contributed by atoms with Gasteiger partial charge in [-0.2, -0.15) is 0 Å². The van der Waals surface area contributed by atoms with Crippen LogP contribution in [0.3, 0.4) is 0 Å². The Labute approximate surface area is 75.1 Å². The molecule has 2 nitrogen and oxygen atoms in total. The highest BCUT2D eigenvalue weighted by atomic mass is 15.2. The van der Waals surface area contributed by atoms with Crippen molar-refractivity contribution in [3.63, 3.8) is 0 Å². The first kappa shape index (κ1) is 9.57. The summed E-state index contributed by atoms with van der Waals surface area (Å²) in [6, 6.07) is 1.33. The van der Waals surface area contributed by atoms with Gasteiger partial charge in [-0.3, -0.25) is 4.90 Å². The molecule has 1 fully saturated rings. The van der Waals surface area contributed by atoms with Gasteiger partial charge in [-0.1, -0.05) is 12.8 Å². The molecule has 1 rings (SSSR count). The van der Waals surface area contributed by atoms with Crippen molar-refractivity contribution in [3.8, 4) is 12.3 Å². The lowest BCUT2D eigenvalue weighted by Gasteiger charge is -2.41. The molecule has 12 heavy (non-hydrogen) atoms. The summed E-state index contributed by atoms with van der Waals surface area (Å²) in [7, 11) is 2.10. The maximum atomic E-state index is 5.71. The summed E-state index contributed by atoms with van der Waals surface area (Å²) in [5, 5.41) is 0. The molecule has 1 unspecified atom stereocenters. The van der Waals surface area contributed by atoms with Crippen LogP contribution < -0.4 is 5.73 Å². The van der Waals surface area contributed by atoms with Crippen LogP contribution in [0.25, 0.3) is 0 Å². The molecule has 68 valence electrons. The van der Waals surface area contributed by atoms with Gasteiger partial charge < -0.3 is 5.73 Å². The van der Waals surface area contributed by atoms with Gasteiger partial charge in [0, 0.05) is 12.1 Å². The molecule has 0 heterocycles. The van der Waals surface area contributed by atoms with Crippen molar-refractivity contribution in [3.05, 3.63) is 0 Å². The smallest absolute Gasteiger partial charge is 0.0709 e. The Bertz CT molecular complexity index is 177. The minimum Gasteiger partial charge on any atom is -0.328 e. The average Bonchev–Trinajstić information content (AvgIpc) is 2.01. The summed E-state index contributed by atoms with van der Waals surface area (Å²) in [6.07, 6.45) is 8.65. The van der Waals surface area contributed by atoms with E-state index in [1.165, 1.54) is 0 Å². The van der Waals surface area contributed by atoms with Gasteiger partial charge in [0.15, 0.2) is 0 Å². The molecule has 0 aromatic carbocycles. The molecule has 0 saturated heterocycles. The van der Waals surface area contributed by atoms with Gasteiger partial charge in [-0.15, -0.1) is 6.42 Å². The third-order valence-corrected chi connectivity index (χ3v) is 2.80. The molecular weight excluding hydrogens is 148 g/mol. The molecule has 1 aliphatic carbocycles. The second kappa shape index (κ2) is 3.93. The lowest BCUT2D eigenvalue weighted by Crippen LogP contribution is -2.52. The van der Waals surface area contributed by atoms with E-state index in [0.29, 0.717) is 18.1 Å². The Kier molecular flexibility index (Phi) is 3.13. The molecular formula is C10H18N2. The fraction of sp³-hybridized carbons (Fsp3) is 0.800. The van der Waals surface area contributed by atoms with Gasteiger partial charge in [0.25, 0.3) is 0 Å². The van der Waals surface area contributed by atoms with Crippen LogP contribution in [0, 0.1) is 12.3 Å². The van der Waals surface area contributed by atoms with Crippen LogP contribution in [0.1, 0.15) is 26.2 Å². The number of hydrogen-bond acceptors (Lipinski definition) is 2. The van der Waals surface area contributed by atoms with Gasteiger partial charge in [-0.05, 0) is 26.3 Å². The highest BCUT2D eigenvalue weighted by Gasteiger charge is 2.31. The van der Waals surface area contributed by atoms with Crippen LogP contribution >= 0.6 is 0 Å². The van der Waals surface area contributed by atoms with Crippen LogP contribution in [0.2, 0.25) is 0 Å². The van der Waals surface area contributed by atoms with Gasteiger partial charge in [0.05, 0.1) is 6.04 Å². The lowest BCUT2D eigenvalue weighted by molar-refractivity contribution is 0.115. The highest BCUT2D eigenvalue weighted by Crippen LogP contribution is 2.24. The van der Waals surface area contributed by atoms with E-state index in [0.717, 1.165) is 19.3 Å². The average molecular weight is 166 g/mol. The fourth-order valence-electron chi connectivity index (χ4n) is 1.74. The van der Waals surface area contributed by atoms with Crippen molar-refractivity contribution in [1.82, 2.24) is 4.90 Å². The van der Waals surface area contributed by atoms with Crippen molar-refractivity contribution in [1.29, 1.82) is 0 Å². The second-order valence-corrected chi connectivity index (χ2v) is 3.64. The maximum Gasteiger partial charge on any atom is 0.0709 e. The van der Waals surface area contributed by atoms with Crippen LogP contribution in [0.5, 0.6) is 0 Å². The Morgan fingerprint density at radius 2 is 2.25 bits per heavy atom. The zero-order chi connectivity index (χ0) is 9.14. The predicted octanol–water partition coefficient (Wildman–Crippen LogP) is 0.820. The van der Waals surface area contributed by atoms with Crippen molar-refractivity contribution in [2.24, 2.45) is 5.73 Å². The molecule has 0 aromatic rings. The standard InChI is InChI=1S/C10H18N2/c1-4-9(5-2)12(3)10-6-8(11)7-10/h1,8-10H,5-7,11H2,2-3H3. The van der Waals surface area contributed by atoms with Crippen LogP contribution in [-0.4, -0.2) is 30.1 Å². The molecule has 2 heteroatoms. The Morgan fingerprint density at radius 1 is 1.67 bits per heavy atom. The van der Waals surface area contributed by atoms with Gasteiger partial charge >= 0.3 is 0 Å². The molecule has 0 spiro atoms. The monoisotopic (exact) mass is 166 g/mol. The largest absolute Gasteiger partial charge is 0.328 e. The van der Waals surface area contributed by atoms with Crippen molar-refractivity contribution in [2.75, 3.05) is 7.05 Å². The molecule has 0 aromatic heterocycles. The molecule has 1 saturated carbocycles.